The first-order chi connectivity index (χ1) is 15.0. The van der Waals surface area contributed by atoms with Crippen LogP contribution in [0.5, 0.6) is 0 Å². The Kier molecular flexibility index (Phi) is 6.97. The van der Waals surface area contributed by atoms with Gasteiger partial charge in [0.2, 0.25) is 0 Å². The van der Waals surface area contributed by atoms with E-state index < -0.39 is 4.92 Å². The van der Waals surface area contributed by atoms with Gasteiger partial charge in [0.25, 0.3) is 16.8 Å². The summed E-state index contributed by atoms with van der Waals surface area (Å²) in [7, 11) is 0. The molecule has 0 saturated heterocycles. The van der Waals surface area contributed by atoms with Crippen LogP contribution in [-0.2, 0) is 13.1 Å². The van der Waals surface area contributed by atoms with Gasteiger partial charge in [0.1, 0.15) is 0 Å². The summed E-state index contributed by atoms with van der Waals surface area (Å²) < 4.78 is 3.47. The standard InChI is InChI=1S/C12H12N2O3.C12H13NO/c1-2-7-13-11-5-4-10(14(16)17)8-9(11)3-6-12(13)15;1-2-9-13-11-6-4-3-5-10(11)7-8-12(13)14/h3-6,8H,2,7H2,1H3;3-8H,2,9H2,1H3. The molecule has 0 saturated carbocycles. The number of aromatic nitrogens is 2. The second-order valence-electron chi connectivity index (χ2n) is 7.21. The summed E-state index contributed by atoms with van der Waals surface area (Å²) in [4.78, 5) is 33.5. The van der Waals surface area contributed by atoms with Gasteiger partial charge in [0.05, 0.1) is 16.0 Å². The smallest absolute Gasteiger partial charge is 0.270 e. The molecule has 4 rings (SSSR count). The third-order valence-corrected chi connectivity index (χ3v) is 4.98. The van der Waals surface area contributed by atoms with E-state index in [0.717, 1.165) is 35.8 Å². The summed E-state index contributed by atoms with van der Waals surface area (Å²) in [5, 5.41) is 12.5. The predicted molar refractivity (Wildman–Crippen MR) is 124 cm³/mol. The maximum atomic E-state index is 11.7. The molecule has 0 radical (unpaired) electrons. The van der Waals surface area contributed by atoms with Crippen molar-refractivity contribution in [2.24, 2.45) is 0 Å². The SMILES string of the molecule is CCCn1c(=O)ccc2cc([N+](=O)[O-])ccc21.CCCn1c(=O)ccc2ccccc21. The maximum absolute atomic E-state index is 11.7. The van der Waals surface area contributed by atoms with E-state index >= 15 is 0 Å². The number of aryl methyl sites for hydroxylation is 2. The molecular weight excluding hydrogens is 394 g/mol. The first kappa shape index (κ1) is 22.0. The molecule has 0 bridgehead atoms. The van der Waals surface area contributed by atoms with Crippen LogP contribution in [0.3, 0.4) is 0 Å². The summed E-state index contributed by atoms with van der Waals surface area (Å²) in [5.74, 6) is 0. The Morgan fingerprint density at radius 2 is 1.29 bits per heavy atom. The van der Waals surface area contributed by atoms with Crippen molar-refractivity contribution in [1.29, 1.82) is 0 Å². The first-order valence-corrected chi connectivity index (χ1v) is 10.3. The van der Waals surface area contributed by atoms with E-state index in [2.05, 4.69) is 6.92 Å². The van der Waals surface area contributed by atoms with Crippen LogP contribution in [0, 0.1) is 10.1 Å². The zero-order valence-electron chi connectivity index (χ0n) is 17.7. The molecule has 160 valence electrons. The molecule has 7 nitrogen and oxygen atoms in total. The Labute approximate surface area is 179 Å². The lowest BCUT2D eigenvalue weighted by molar-refractivity contribution is -0.384. The molecule has 0 aliphatic heterocycles. The topological polar surface area (TPSA) is 87.1 Å². The second kappa shape index (κ2) is 9.84. The van der Waals surface area contributed by atoms with Crippen LogP contribution in [0.1, 0.15) is 26.7 Å². The molecule has 31 heavy (non-hydrogen) atoms. The number of benzene rings is 2. The van der Waals surface area contributed by atoms with Crippen molar-refractivity contribution in [3.8, 4) is 0 Å². The third-order valence-electron chi connectivity index (χ3n) is 4.98. The average Bonchev–Trinajstić information content (AvgIpc) is 2.78. The number of pyridine rings is 2. The van der Waals surface area contributed by atoms with Gasteiger partial charge < -0.3 is 9.13 Å². The minimum atomic E-state index is -0.436. The normalized spacial score (nSPS) is 10.6. The largest absolute Gasteiger partial charge is 0.308 e. The van der Waals surface area contributed by atoms with Gasteiger partial charge in [-0.2, -0.15) is 0 Å². The van der Waals surface area contributed by atoms with Gasteiger partial charge in [-0.3, -0.25) is 19.7 Å². The molecule has 0 aliphatic rings. The van der Waals surface area contributed by atoms with Gasteiger partial charge >= 0.3 is 0 Å². The lowest BCUT2D eigenvalue weighted by Crippen LogP contribution is -2.18. The molecule has 0 spiro atoms. The van der Waals surface area contributed by atoms with Crippen LogP contribution in [0.2, 0.25) is 0 Å². The molecule has 0 N–H and O–H groups in total. The summed E-state index contributed by atoms with van der Waals surface area (Å²) in [6, 6.07) is 19.1. The summed E-state index contributed by atoms with van der Waals surface area (Å²) in [6.45, 7) is 5.47. The fraction of sp³-hybridized carbons (Fsp3) is 0.250. The number of non-ortho nitro benzene ring substituents is 1. The molecule has 0 fully saturated rings. The van der Waals surface area contributed by atoms with Crippen LogP contribution in [-0.4, -0.2) is 14.1 Å². The van der Waals surface area contributed by atoms with E-state index in [4.69, 9.17) is 0 Å². The average molecular weight is 419 g/mol. The van der Waals surface area contributed by atoms with Gasteiger partial charge in [-0.25, -0.2) is 0 Å². The fourth-order valence-corrected chi connectivity index (χ4v) is 3.56. The van der Waals surface area contributed by atoms with Crippen molar-refractivity contribution in [3.63, 3.8) is 0 Å². The fourth-order valence-electron chi connectivity index (χ4n) is 3.56. The minimum absolute atomic E-state index is 0.0409. The molecule has 0 unspecified atom stereocenters. The number of hydrogen-bond acceptors (Lipinski definition) is 4. The molecule has 0 amide bonds. The van der Waals surface area contributed by atoms with Crippen molar-refractivity contribution < 1.29 is 4.92 Å². The summed E-state index contributed by atoms with van der Waals surface area (Å²) in [5.41, 5.74) is 1.82. The highest BCUT2D eigenvalue weighted by atomic mass is 16.6. The Hall–Kier alpha value is -3.74. The lowest BCUT2D eigenvalue weighted by Gasteiger charge is -2.08. The number of fused-ring (bicyclic) bond motifs is 2. The van der Waals surface area contributed by atoms with E-state index in [9.17, 15) is 19.7 Å². The first-order valence-electron chi connectivity index (χ1n) is 10.3. The Balaban J connectivity index is 0.000000179. The molecular formula is C24H25N3O4. The van der Waals surface area contributed by atoms with Gasteiger partial charge in [0, 0.05) is 42.7 Å². The van der Waals surface area contributed by atoms with E-state index in [1.165, 1.54) is 18.2 Å². The molecule has 0 atom stereocenters. The third kappa shape index (κ3) is 4.88. The van der Waals surface area contributed by atoms with Gasteiger partial charge in [-0.15, -0.1) is 0 Å². The zero-order valence-corrected chi connectivity index (χ0v) is 17.7. The molecule has 2 heterocycles. The van der Waals surface area contributed by atoms with Crippen LogP contribution in [0.4, 0.5) is 5.69 Å². The van der Waals surface area contributed by atoms with Crippen LogP contribution >= 0.6 is 0 Å². The van der Waals surface area contributed by atoms with Gasteiger partial charge in [-0.1, -0.05) is 32.0 Å². The molecule has 2 aromatic heterocycles. The van der Waals surface area contributed by atoms with Crippen molar-refractivity contribution >= 4 is 27.5 Å². The quantitative estimate of drug-likeness (QED) is 0.346. The number of nitro benzene ring substituents is 1. The zero-order chi connectivity index (χ0) is 22.4. The van der Waals surface area contributed by atoms with Gasteiger partial charge in [0.15, 0.2) is 0 Å². The lowest BCUT2D eigenvalue weighted by atomic mass is 10.2. The number of nitrogens with zero attached hydrogens (tertiary/aromatic N) is 3. The number of para-hydroxylation sites is 1. The van der Waals surface area contributed by atoms with E-state index in [1.807, 2.05) is 41.8 Å². The Morgan fingerprint density at radius 1 is 0.742 bits per heavy atom. The maximum Gasteiger partial charge on any atom is 0.270 e. The highest BCUT2D eigenvalue weighted by Gasteiger charge is 2.08. The van der Waals surface area contributed by atoms with Crippen LogP contribution in [0.15, 0.2) is 76.3 Å². The monoisotopic (exact) mass is 419 g/mol. The minimum Gasteiger partial charge on any atom is -0.308 e. The van der Waals surface area contributed by atoms with E-state index in [1.54, 1.807) is 22.8 Å². The van der Waals surface area contributed by atoms with E-state index in [0.29, 0.717) is 11.9 Å². The molecule has 4 aromatic rings. The van der Waals surface area contributed by atoms with Crippen LogP contribution < -0.4 is 11.1 Å². The van der Waals surface area contributed by atoms with Crippen molar-refractivity contribution in [2.75, 3.05) is 0 Å². The second-order valence-corrected chi connectivity index (χ2v) is 7.21. The summed E-state index contributed by atoms with van der Waals surface area (Å²) in [6.07, 6.45) is 1.82. The van der Waals surface area contributed by atoms with Crippen molar-refractivity contribution in [3.05, 3.63) is 97.6 Å². The van der Waals surface area contributed by atoms with Crippen LogP contribution in [0.25, 0.3) is 21.8 Å². The van der Waals surface area contributed by atoms with Crippen molar-refractivity contribution in [2.45, 2.75) is 39.8 Å². The van der Waals surface area contributed by atoms with Crippen molar-refractivity contribution in [1.82, 2.24) is 9.13 Å². The predicted octanol–water partition coefficient (Wildman–Crippen LogP) is 4.73. The molecule has 0 aliphatic carbocycles. The van der Waals surface area contributed by atoms with Gasteiger partial charge in [-0.05, 0) is 42.5 Å². The number of nitro groups is 1. The Bertz CT molecular complexity index is 1340. The molecule has 2 aromatic carbocycles. The number of hydrogen-bond donors (Lipinski definition) is 0. The highest BCUT2D eigenvalue weighted by molar-refractivity contribution is 5.81. The molecule has 7 heteroatoms. The number of rotatable bonds is 5. The Morgan fingerprint density at radius 3 is 1.87 bits per heavy atom. The van der Waals surface area contributed by atoms with E-state index in [-0.39, 0.29) is 16.8 Å². The summed E-state index contributed by atoms with van der Waals surface area (Å²) >= 11 is 0. The highest BCUT2D eigenvalue weighted by Crippen LogP contribution is 2.19.